The molecule has 0 aliphatic heterocycles. The summed E-state index contributed by atoms with van der Waals surface area (Å²) < 4.78 is 1.65. The maximum absolute atomic E-state index is 8.52. The third-order valence-electron chi connectivity index (χ3n) is 1.96. The van der Waals surface area contributed by atoms with Crippen molar-refractivity contribution in [3.8, 4) is 6.07 Å². The largest absolute Gasteiger partial charge is 0.217 e. The number of para-hydroxylation sites is 1. The van der Waals surface area contributed by atoms with E-state index in [2.05, 4.69) is 10.3 Å². The van der Waals surface area contributed by atoms with Crippen molar-refractivity contribution in [1.82, 2.24) is 15.0 Å². The van der Waals surface area contributed by atoms with Crippen LogP contribution >= 0.6 is 0 Å². The van der Waals surface area contributed by atoms with Crippen LogP contribution < -0.4 is 0 Å². The van der Waals surface area contributed by atoms with E-state index < -0.39 is 0 Å². The van der Waals surface area contributed by atoms with Crippen LogP contribution in [0.3, 0.4) is 0 Å². The maximum Gasteiger partial charge on any atom is 0.113 e. The average Bonchev–Trinajstić information content (AvgIpc) is 2.61. The van der Waals surface area contributed by atoms with Crippen LogP contribution in [0.1, 0.15) is 6.92 Å². The lowest BCUT2D eigenvalue weighted by Crippen LogP contribution is -1.95. The zero-order valence-corrected chi connectivity index (χ0v) is 7.68. The summed E-state index contributed by atoms with van der Waals surface area (Å²) in [4.78, 5) is 0. The second-order valence-corrected chi connectivity index (χ2v) is 2.90. The van der Waals surface area contributed by atoms with Crippen LogP contribution in [0, 0.1) is 11.3 Å². The molecule has 0 unspecified atom stereocenters. The van der Waals surface area contributed by atoms with Crippen LogP contribution in [0.25, 0.3) is 16.7 Å². The summed E-state index contributed by atoms with van der Waals surface area (Å²) in [5, 5.41) is 16.5. The fraction of sp³-hybridized carbons (Fsp3) is 0.100. The lowest BCUT2D eigenvalue weighted by molar-refractivity contribution is 0.835. The molecule has 0 aliphatic rings. The van der Waals surface area contributed by atoms with Gasteiger partial charge in [0, 0.05) is 6.08 Å². The molecule has 0 amide bonds. The maximum atomic E-state index is 8.52. The molecule has 0 saturated carbocycles. The Labute approximate surface area is 81.1 Å². The first kappa shape index (κ1) is 8.45. The molecule has 68 valence electrons. The summed E-state index contributed by atoms with van der Waals surface area (Å²) in [5.41, 5.74) is 2.51. The molecular formula is C10H8N4. The molecule has 0 fully saturated rings. The van der Waals surface area contributed by atoms with Gasteiger partial charge in [-0.15, -0.1) is 5.10 Å². The van der Waals surface area contributed by atoms with Crippen LogP contribution in [0.15, 0.2) is 30.3 Å². The molecule has 4 nitrogen and oxygen atoms in total. The summed E-state index contributed by atoms with van der Waals surface area (Å²) in [6, 6.07) is 9.60. The van der Waals surface area contributed by atoms with Gasteiger partial charge in [-0.3, -0.25) is 0 Å². The van der Waals surface area contributed by atoms with Crippen molar-refractivity contribution in [2.45, 2.75) is 6.92 Å². The van der Waals surface area contributed by atoms with Crippen molar-refractivity contribution in [1.29, 1.82) is 5.26 Å². The van der Waals surface area contributed by atoms with Crippen molar-refractivity contribution in [2.75, 3.05) is 0 Å². The van der Waals surface area contributed by atoms with E-state index in [1.165, 1.54) is 6.08 Å². The van der Waals surface area contributed by atoms with Crippen LogP contribution in [0.2, 0.25) is 0 Å². The second kappa shape index (κ2) is 3.30. The SMILES string of the molecule is C/C(=C/C#N)n1nnc2ccccc21. The van der Waals surface area contributed by atoms with E-state index in [0.717, 1.165) is 16.7 Å². The highest BCUT2D eigenvalue weighted by Crippen LogP contribution is 2.13. The molecule has 1 heterocycles. The van der Waals surface area contributed by atoms with Crippen molar-refractivity contribution >= 4 is 16.7 Å². The Balaban J connectivity index is 2.65. The van der Waals surface area contributed by atoms with Gasteiger partial charge in [-0.25, -0.2) is 4.68 Å². The fourth-order valence-corrected chi connectivity index (χ4v) is 1.28. The molecule has 1 aromatic heterocycles. The minimum atomic E-state index is 0.765. The molecule has 4 heteroatoms. The Kier molecular flexibility index (Phi) is 1.99. The fourth-order valence-electron chi connectivity index (χ4n) is 1.28. The number of nitrogens with zero attached hydrogens (tertiary/aromatic N) is 4. The van der Waals surface area contributed by atoms with E-state index in [-0.39, 0.29) is 0 Å². The van der Waals surface area contributed by atoms with Gasteiger partial charge in [-0.2, -0.15) is 5.26 Å². The van der Waals surface area contributed by atoms with Gasteiger partial charge in [0.1, 0.15) is 5.52 Å². The van der Waals surface area contributed by atoms with Gasteiger partial charge >= 0.3 is 0 Å². The normalized spacial score (nSPS) is 11.6. The Morgan fingerprint density at radius 2 is 2.29 bits per heavy atom. The van der Waals surface area contributed by atoms with Gasteiger partial charge in [0.2, 0.25) is 0 Å². The van der Waals surface area contributed by atoms with Crippen LogP contribution in [0.4, 0.5) is 0 Å². The highest BCUT2D eigenvalue weighted by atomic mass is 15.4. The molecule has 0 radical (unpaired) electrons. The molecule has 0 saturated heterocycles. The quantitative estimate of drug-likeness (QED) is 0.635. The third-order valence-corrected chi connectivity index (χ3v) is 1.96. The monoisotopic (exact) mass is 184 g/mol. The Morgan fingerprint density at radius 3 is 3.07 bits per heavy atom. The number of hydrogen-bond acceptors (Lipinski definition) is 3. The van der Waals surface area contributed by atoms with Crippen molar-refractivity contribution in [3.05, 3.63) is 30.3 Å². The third kappa shape index (κ3) is 1.25. The van der Waals surface area contributed by atoms with E-state index in [1.54, 1.807) is 4.68 Å². The number of hydrogen-bond donors (Lipinski definition) is 0. The molecule has 2 aromatic rings. The highest BCUT2D eigenvalue weighted by Gasteiger charge is 2.03. The molecule has 2 rings (SSSR count). The number of benzene rings is 1. The number of nitriles is 1. The standard InChI is InChI=1S/C10H8N4/c1-8(6-7-11)14-10-5-3-2-4-9(10)12-13-14/h2-6H,1H3/b8-6-. The second-order valence-electron chi connectivity index (χ2n) is 2.90. The van der Waals surface area contributed by atoms with E-state index in [1.807, 2.05) is 37.3 Å². The molecule has 0 bridgehead atoms. The molecular weight excluding hydrogens is 176 g/mol. The minimum absolute atomic E-state index is 0.765. The molecule has 0 N–H and O–H groups in total. The predicted molar refractivity (Wildman–Crippen MR) is 53.1 cm³/mol. The number of rotatable bonds is 1. The molecule has 14 heavy (non-hydrogen) atoms. The first-order valence-corrected chi connectivity index (χ1v) is 4.20. The van der Waals surface area contributed by atoms with Gasteiger partial charge in [0.05, 0.1) is 17.3 Å². The lowest BCUT2D eigenvalue weighted by Gasteiger charge is -1.98. The van der Waals surface area contributed by atoms with E-state index in [4.69, 9.17) is 5.26 Å². The summed E-state index contributed by atoms with van der Waals surface area (Å²) in [6.07, 6.45) is 1.45. The predicted octanol–water partition coefficient (Wildman–Crippen LogP) is 1.82. The summed E-state index contributed by atoms with van der Waals surface area (Å²) >= 11 is 0. The van der Waals surface area contributed by atoms with Gasteiger partial charge in [0.15, 0.2) is 0 Å². The van der Waals surface area contributed by atoms with Gasteiger partial charge < -0.3 is 0 Å². The first-order chi connectivity index (χ1) is 6.83. The van der Waals surface area contributed by atoms with Gasteiger partial charge in [0.25, 0.3) is 0 Å². The summed E-state index contributed by atoms with van der Waals surface area (Å²) in [7, 11) is 0. The summed E-state index contributed by atoms with van der Waals surface area (Å²) in [5.74, 6) is 0. The lowest BCUT2D eigenvalue weighted by atomic mass is 10.3. The van der Waals surface area contributed by atoms with Crippen molar-refractivity contribution in [2.24, 2.45) is 0 Å². The number of allylic oxidation sites excluding steroid dienone is 2. The van der Waals surface area contributed by atoms with Gasteiger partial charge in [-0.05, 0) is 19.1 Å². The number of aromatic nitrogens is 3. The molecule has 0 spiro atoms. The zero-order valence-electron chi connectivity index (χ0n) is 7.68. The molecule has 0 aliphatic carbocycles. The van der Waals surface area contributed by atoms with Crippen LogP contribution in [-0.2, 0) is 0 Å². The topological polar surface area (TPSA) is 54.5 Å². The molecule has 1 aromatic carbocycles. The smallest absolute Gasteiger partial charge is 0.113 e. The minimum Gasteiger partial charge on any atom is -0.217 e. The first-order valence-electron chi connectivity index (χ1n) is 4.20. The van der Waals surface area contributed by atoms with E-state index in [9.17, 15) is 0 Å². The molecule has 0 atom stereocenters. The van der Waals surface area contributed by atoms with Crippen LogP contribution in [-0.4, -0.2) is 15.0 Å². The number of fused-ring (bicyclic) bond motifs is 1. The average molecular weight is 184 g/mol. The van der Waals surface area contributed by atoms with Crippen molar-refractivity contribution in [3.63, 3.8) is 0 Å². The Bertz CT molecular complexity index is 530. The van der Waals surface area contributed by atoms with Gasteiger partial charge in [-0.1, -0.05) is 17.3 Å². The van der Waals surface area contributed by atoms with Crippen molar-refractivity contribution < 1.29 is 0 Å². The summed E-state index contributed by atoms with van der Waals surface area (Å²) in [6.45, 7) is 1.82. The Morgan fingerprint density at radius 1 is 1.50 bits per heavy atom. The van der Waals surface area contributed by atoms with Crippen LogP contribution in [0.5, 0.6) is 0 Å². The Hall–Kier alpha value is -2.15. The highest BCUT2D eigenvalue weighted by molar-refractivity contribution is 5.77. The van der Waals surface area contributed by atoms with E-state index in [0.29, 0.717) is 0 Å². The van der Waals surface area contributed by atoms with E-state index >= 15 is 0 Å². The zero-order chi connectivity index (χ0) is 9.97.